The first-order valence-corrected chi connectivity index (χ1v) is 7.66. The summed E-state index contributed by atoms with van der Waals surface area (Å²) in [6, 6.07) is 9.31. The topological polar surface area (TPSA) is 21.3 Å². The molecule has 1 aromatic rings. The van der Waals surface area contributed by atoms with Gasteiger partial charge in [-0.05, 0) is 49.7 Å². The van der Waals surface area contributed by atoms with E-state index in [9.17, 15) is 0 Å². The van der Waals surface area contributed by atoms with Gasteiger partial charge in [0.1, 0.15) is 0 Å². The third kappa shape index (κ3) is 4.24. The van der Waals surface area contributed by atoms with Gasteiger partial charge in [-0.3, -0.25) is 0 Å². The third-order valence-electron chi connectivity index (χ3n) is 4.38. The smallest absolute Gasteiger partial charge is 0.0503 e. The van der Waals surface area contributed by atoms with E-state index in [1.54, 1.807) is 7.11 Å². The van der Waals surface area contributed by atoms with Gasteiger partial charge in [0.25, 0.3) is 0 Å². The minimum Gasteiger partial charge on any atom is -0.384 e. The lowest BCUT2D eigenvalue weighted by Gasteiger charge is -2.29. The van der Waals surface area contributed by atoms with Crippen LogP contribution in [0.4, 0.5) is 5.69 Å². The molecule has 1 fully saturated rings. The van der Waals surface area contributed by atoms with Gasteiger partial charge < -0.3 is 10.1 Å². The van der Waals surface area contributed by atoms with Crippen molar-refractivity contribution in [2.24, 2.45) is 5.92 Å². The highest BCUT2D eigenvalue weighted by Gasteiger charge is 2.20. The summed E-state index contributed by atoms with van der Waals surface area (Å²) in [4.78, 5) is 0. The summed E-state index contributed by atoms with van der Waals surface area (Å²) >= 11 is 0. The molecule has 1 aliphatic carbocycles. The zero-order valence-electron chi connectivity index (χ0n) is 12.3. The van der Waals surface area contributed by atoms with E-state index in [0.29, 0.717) is 6.04 Å². The molecule has 0 heterocycles. The van der Waals surface area contributed by atoms with Crippen molar-refractivity contribution in [1.29, 1.82) is 0 Å². The molecule has 1 N–H and O–H groups in total. The van der Waals surface area contributed by atoms with Crippen LogP contribution in [0, 0.1) is 5.92 Å². The third-order valence-corrected chi connectivity index (χ3v) is 4.38. The number of para-hydroxylation sites is 1. The zero-order chi connectivity index (χ0) is 13.5. The van der Waals surface area contributed by atoms with Crippen LogP contribution in [0.2, 0.25) is 0 Å². The van der Waals surface area contributed by atoms with E-state index in [4.69, 9.17) is 4.74 Å². The van der Waals surface area contributed by atoms with Gasteiger partial charge in [-0.1, -0.05) is 31.5 Å². The predicted molar refractivity (Wildman–Crippen MR) is 81.7 cm³/mol. The molecule has 0 radical (unpaired) electrons. The van der Waals surface area contributed by atoms with Crippen molar-refractivity contribution in [3.8, 4) is 0 Å². The molecule has 0 unspecified atom stereocenters. The van der Waals surface area contributed by atoms with Gasteiger partial charge in [0.2, 0.25) is 0 Å². The minimum atomic E-state index is 0.659. The number of hydrogen-bond acceptors (Lipinski definition) is 2. The number of nitrogens with one attached hydrogen (secondary N) is 1. The quantitative estimate of drug-likeness (QED) is 0.826. The lowest BCUT2D eigenvalue weighted by Crippen LogP contribution is -2.26. The second-order valence-electron chi connectivity index (χ2n) is 5.67. The summed E-state index contributed by atoms with van der Waals surface area (Å²) in [5.74, 6) is 0.960. The summed E-state index contributed by atoms with van der Waals surface area (Å²) in [7, 11) is 1.77. The number of hydrogen-bond donors (Lipinski definition) is 1. The molecule has 106 valence electrons. The fourth-order valence-electron chi connectivity index (χ4n) is 3.03. The van der Waals surface area contributed by atoms with E-state index >= 15 is 0 Å². The second kappa shape index (κ2) is 7.54. The van der Waals surface area contributed by atoms with E-state index in [1.165, 1.54) is 43.4 Å². The van der Waals surface area contributed by atoms with Crippen molar-refractivity contribution in [1.82, 2.24) is 0 Å². The van der Waals surface area contributed by atoms with Gasteiger partial charge in [-0.15, -0.1) is 0 Å². The molecule has 0 spiro atoms. The first kappa shape index (κ1) is 14.4. The SMILES string of the molecule is CCC1CCC(Nc2ccccc2CCOC)CC1. The first-order valence-electron chi connectivity index (χ1n) is 7.66. The normalized spacial score (nSPS) is 23.3. The molecule has 0 amide bonds. The van der Waals surface area contributed by atoms with Crippen LogP contribution in [0.1, 0.15) is 44.6 Å². The second-order valence-corrected chi connectivity index (χ2v) is 5.67. The van der Waals surface area contributed by atoms with Crippen molar-refractivity contribution in [3.63, 3.8) is 0 Å². The van der Waals surface area contributed by atoms with Crippen LogP contribution in [0.25, 0.3) is 0 Å². The van der Waals surface area contributed by atoms with Crippen molar-refractivity contribution in [2.75, 3.05) is 19.0 Å². The maximum atomic E-state index is 5.19. The van der Waals surface area contributed by atoms with E-state index in [1.807, 2.05) is 0 Å². The maximum Gasteiger partial charge on any atom is 0.0503 e. The Labute approximate surface area is 117 Å². The van der Waals surface area contributed by atoms with Gasteiger partial charge in [-0.25, -0.2) is 0 Å². The molecule has 1 aliphatic rings. The van der Waals surface area contributed by atoms with Crippen molar-refractivity contribution in [2.45, 2.75) is 51.5 Å². The van der Waals surface area contributed by atoms with Crippen LogP contribution in [-0.2, 0) is 11.2 Å². The van der Waals surface area contributed by atoms with Crippen LogP contribution in [0.3, 0.4) is 0 Å². The Morgan fingerprint density at radius 2 is 1.89 bits per heavy atom. The summed E-state index contributed by atoms with van der Waals surface area (Å²) in [6.07, 6.45) is 7.73. The largest absolute Gasteiger partial charge is 0.384 e. The van der Waals surface area contributed by atoms with E-state index in [2.05, 4.69) is 36.5 Å². The van der Waals surface area contributed by atoms with Gasteiger partial charge in [-0.2, -0.15) is 0 Å². The molecule has 0 aromatic heterocycles. The highest BCUT2D eigenvalue weighted by atomic mass is 16.5. The Bertz CT molecular complexity index is 369. The molecule has 0 atom stereocenters. The molecule has 0 aliphatic heterocycles. The van der Waals surface area contributed by atoms with Gasteiger partial charge in [0.05, 0.1) is 6.61 Å². The van der Waals surface area contributed by atoms with E-state index in [-0.39, 0.29) is 0 Å². The number of ether oxygens (including phenoxy) is 1. The molecule has 1 saturated carbocycles. The summed E-state index contributed by atoms with van der Waals surface area (Å²) in [6.45, 7) is 3.11. The Hall–Kier alpha value is -1.02. The van der Waals surface area contributed by atoms with Crippen molar-refractivity contribution in [3.05, 3.63) is 29.8 Å². The highest BCUT2D eigenvalue weighted by Crippen LogP contribution is 2.29. The first-order chi connectivity index (χ1) is 9.33. The zero-order valence-corrected chi connectivity index (χ0v) is 12.3. The molecule has 0 bridgehead atoms. The fraction of sp³-hybridized carbons (Fsp3) is 0.647. The van der Waals surface area contributed by atoms with Crippen LogP contribution < -0.4 is 5.32 Å². The molecule has 19 heavy (non-hydrogen) atoms. The summed E-state index contributed by atoms with van der Waals surface area (Å²) in [5, 5.41) is 3.75. The number of methoxy groups -OCH3 is 1. The lowest BCUT2D eigenvalue weighted by atomic mass is 9.84. The minimum absolute atomic E-state index is 0.659. The molecular formula is C17H27NO. The fourth-order valence-corrected chi connectivity index (χ4v) is 3.03. The van der Waals surface area contributed by atoms with Crippen molar-refractivity contribution >= 4 is 5.69 Å². The lowest BCUT2D eigenvalue weighted by molar-refractivity contribution is 0.202. The van der Waals surface area contributed by atoms with Gasteiger partial charge in [0, 0.05) is 18.8 Å². The van der Waals surface area contributed by atoms with E-state index < -0.39 is 0 Å². The van der Waals surface area contributed by atoms with Crippen LogP contribution in [0.15, 0.2) is 24.3 Å². The van der Waals surface area contributed by atoms with Crippen LogP contribution in [-0.4, -0.2) is 19.8 Å². The van der Waals surface area contributed by atoms with E-state index in [0.717, 1.165) is 18.9 Å². The molecule has 2 heteroatoms. The molecule has 0 saturated heterocycles. The highest BCUT2D eigenvalue weighted by molar-refractivity contribution is 5.52. The summed E-state index contributed by atoms with van der Waals surface area (Å²) < 4.78 is 5.19. The molecule has 2 rings (SSSR count). The monoisotopic (exact) mass is 261 g/mol. The number of benzene rings is 1. The summed E-state index contributed by atoms with van der Waals surface area (Å²) in [5.41, 5.74) is 2.68. The average molecular weight is 261 g/mol. The molecule has 1 aromatic carbocycles. The Balaban J connectivity index is 1.91. The van der Waals surface area contributed by atoms with Crippen LogP contribution in [0.5, 0.6) is 0 Å². The van der Waals surface area contributed by atoms with Gasteiger partial charge in [0.15, 0.2) is 0 Å². The molecular weight excluding hydrogens is 234 g/mol. The molecule has 2 nitrogen and oxygen atoms in total. The van der Waals surface area contributed by atoms with Crippen molar-refractivity contribution < 1.29 is 4.74 Å². The van der Waals surface area contributed by atoms with Crippen LogP contribution >= 0.6 is 0 Å². The number of anilines is 1. The Kier molecular flexibility index (Phi) is 5.71. The standard InChI is InChI=1S/C17H27NO/c1-3-14-8-10-16(11-9-14)18-17-7-5-4-6-15(17)12-13-19-2/h4-7,14,16,18H,3,8-13H2,1-2H3. The predicted octanol–water partition coefficient (Wildman–Crippen LogP) is 4.26. The Morgan fingerprint density at radius 3 is 2.58 bits per heavy atom. The average Bonchev–Trinajstić information content (AvgIpc) is 2.47. The van der Waals surface area contributed by atoms with Gasteiger partial charge >= 0.3 is 0 Å². The Morgan fingerprint density at radius 1 is 1.16 bits per heavy atom. The maximum absolute atomic E-state index is 5.19. The number of rotatable bonds is 6.